The maximum Gasteiger partial charge on any atom is 0.326 e. The first kappa shape index (κ1) is 83.7. The van der Waals surface area contributed by atoms with E-state index in [0.717, 1.165) is 5.56 Å². The smallest absolute Gasteiger partial charge is 0.326 e. The summed E-state index contributed by atoms with van der Waals surface area (Å²) in [5, 5.41) is 38.0. The molecule has 0 saturated heterocycles. The van der Waals surface area contributed by atoms with Gasteiger partial charge < -0.3 is 92.3 Å². The third-order valence-corrected chi connectivity index (χ3v) is 15.7. The number of carbonyl (C=O) groups is 14. The molecule has 11 atom stereocenters. The predicted octanol–water partition coefficient (Wildman–Crippen LogP) is -2.68. The Labute approximate surface area is 581 Å². The van der Waals surface area contributed by atoms with Crippen molar-refractivity contribution in [3.63, 3.8) is 0 Å². The second-order valence-electron chi connectivity index (χ2n) is 25.8. The first-order valence-electron chi connectivity index (χ1n) is 33.1. The molecular weight excluding hydrogens is 1290 g/mol. The molecule has 22 N–H and O–H groups in total. The summed E-state index contributed by atoms with van der Waals surface area (Å²) < 4.78 is 0. The van der Waals surface area contributed by atoms with E-state index in [2.05, 4.69) is 63.5 Å². The molecule has 3 aromatic rings. The largest absolute Gasteiger partial charge is 0.480 e. The van der Waals surface area contributed by atoms with Gasteiger partial charge in [0, 0.05) is 25.8 Å². The molecule has 0 aliphatic carbocycles. The van der Waals surface area contributed by atoms with Gasteiger partial charge in [0.2, 0.25) is 76.8 Å². The van der Waals surface area contributed by atoms with Gasteiger partial charge in [-0.2, -0.15) is 0 Å². The van der Waals surface area contributed by atoms with Gasteiger partial charge in [-0.05, 0) is 79.4 Å². The molecule has 0 aromatic heterocycles. The molecule has 0 heterocycles. The molecule has 3 rings (SSSR count). The Hall–Kier alpha value is -10.5. The lowest BCUT2D eigenvalue weighted by Gasteiger charge is -2.29. The van der Waals surface area contributed by atoms with Gasteiger partial charge in [-0.25, -0.2) is 4.79 Å². The van der Waals surface area contributed by atoms with Crippen molar-refractivity contribution >= 4 is 88.7 Å². The van der Waals surface area contributed by atoms with Crippen LogP contribution in [0.25, 0.3) is 0 Å². The monoisotopic (exact) mass is 1400 g/mol. The van der Waals surface area contributed by atoms with Gasteiger partial charge in [-0.15, -0.1) is 0 Å². The Kier molecular flexibility index (Phi) is 35.4. The molecule has 32 heteroatoms. The average Bonchev–Trinajstić information content (AvgIpc) is 0.858. The molecule has 0 saturated carbocycles. The van der Waals surface area contributed by atoms with Crippen molar-refractivity contribution in [2.45, 2.75) is 187 Å². The van der Waals surface area contributed by atoms with Crippen molar-refractivity contribution in [3.05, 3.63) is 108 Å². The minimum absolute atomic E-state index is 0.0319. The summed E-state index contributed by atoms with van der Waals surface area (Å²) in [4.78, 5) is 194. The number of rotatable bonds is 43. The van der Waals surface area contributed by atoms with Gasteiger partial charge in [-0.1, -0.05) is 146 Å². The topological polar surface area (TPSA) is 534 Å². The van der Waals surface area contributed by atoms with Crippen molar-refractivity contribution in [2.75, 3.05) is 13.1 Å². The molecule has 32 nitrogen and oxygen atoms in total. The van der Waals surface area contributed by atoms with E-state index < -0.39 is 193 Å². The number of guanidine groups is 1. The summed E-state index contributed by atoms with van der Waals surface area (Å²) in [6.45, 7) is 13.7. The number of amides is 13. The number of nitrogens with two attached hydrogens (primary N) is 5. The lowest BCUT2D eigenvalue weighted by atomic mass is 9.99. The van der Waals surface area contributed by atoms with E-state index >= 15 is 0 Å². The van der Waals surface area contributed by atoms with Crippen molar-refractivity contribution in [1.29, 1.82) is 0 Å². The van der Waals surface area contributed by atoms with Crippen molar-refractivity contribution in [2.24, 2.45) is 57.3 Å². The SMILES string of the molecule is CC(C)C[C@H](NC(=O)[C@@H](NC(=O)CNC(=O)[C@H](C)NC(=O)[C@@H](N)Cc1ccccc1)C(C)C)C(=O)N[C@@H](CCC(N)=O)C(=O)N[C@@H](CC(N)=O)C(=O)N[C@H](C(=O)N[C@@H](CCCN=C(N)N)C(=O)N[C@@H](Cc1ccccc1)C(=O)N[C@H](C(=O)N[C@@H](Cc1ccccc1)C(=O)O)C(C)C)C(C)C. The van der Waals surface area contributed by atoms with Crippen LogP contribution < -0.4 is 87.2 Å². The van der Waals surface area contributed by atoms with E-state index in [4.69, 9.17) is 28.7 Å². The van der Waals surface area contributed by atoms with Gasteiger partial charge in [-0.3, -0.25) is 67.3 Å². The quantitative estimate of drug-likeness (QED) is 0.0156. The van der Waals surface area contributed by atoms with Crippen molar-refractivity contribution < 1.29 is 72.2 Å². The van der Waals surface area contributed by atoms with E-state index in [1.165, 1.54) is 20.8 Å². The zero-order chi connectivity index (χ0) is 74.9. The second kappa shape index (κ2) is 42.3. The van der Waals surface area contributed by atoms with E-state index in [1.807, 2.05) is 6.07 Å². The number of nitrogens with one attached hydrogen (secondary N) is 11. The van der Waals surface area contributed by atoms with Crippen LogP contribution in [0.1, 0.15) is 118 Å². The highest BCUT2D eigenvalue weighted by Crippen LogP contribution is 2.15. The molecule has 100 heavy (non-hydrogen) atoms. The summed E-state index contributed by atoms with van der Waals surface area (Å²) in [6, 6.07) is 10.6. The minimum atomic E-state index is -1.87. The first-order chi connectivity index (χ1) is 47.1. The number of aliphatic imine (C=N–C) groups is 1. The van der Waals surface area contributed by atoms with E-state index in [-0.39, 0.29) is 56.9 Å². The molecule has 0 aliphatic rings. The van der Waals surface area contributed by atoms with Crippen LogP contribution in [0.15, 0.2) is 96.0 Å². The molecule has 548 valence electrons. The molecule has 0 unspecified atom stereocenters. The number of carboxylic acid groups (broad SMARTS) is 1. The Morgan fingerprint density at radius 3 is 1.25 bits per heavy atom. The third kappa shape index (κ3) is 30.5. The highest BCUT2D eigenvalue weighted by atomic mass is 16.4. The number of carboxylic acids is 1. The van der Waals surface area contributed by atoms with Gasteiger partial charge >= 0.3 is 5.97 Å². The number of carbonyl (C=O) groups excluding carboxylic acids is 13. The molecule has 0 radical (unpaired) electrons. The summed E-state index contributed by atoms with van der Waals surface area (Å²) in [5.74, 6) is -15.7. The fourth-order valence-electron chi connectivity index (χ4n) is 10.2. The molecule has 0 fully saturated rings. The fraction of sp³-hybridized carbons (Fsp3) is 0.515. The molecule has 3 aromatic carbocycles. The number of nitrogens with zero attached hydrogens (tertiary/aromatic N) is 1. The van der Waals surface area contributed by atoms with Crippen LogP contribution in [0.5, 0.6) is 0 Å². The van der Waals surface area contributed by atoms with Crippen molar-refractivity contribution in [1.82, 2.24) is 58.5 Å². The summed E-state index contributed by atoms with van der Waals surface area (Å²) in [5.41, 5.74) is 30.2. The van der Waals surface area contributed by atoms with Crippen LogP contribution in [0.4, 0.5) is 0 Å². The van der Waals surface area contributed by atoms with Crippen LogP contribution in [-0.4, -0.2) is 173 Å². The van der Waals surface area contributed by atoms with E-state index in [1.54, 1.807) is 126 Å². The van der Waals surface area contributed by atoms with Gasteiger partial charge in [0.1, 0.15) is 60.4 Å². The second-order valence-corrected chi connectivity index (χ2v) is 25.8. The van der Waals surface area contributed by atoms with Crippen LogP contribution in [0, 0.1) is 23.7 Å². The van der Waals surface area contributed by atoms with Crippen LogP contribution in [-0.2, 0) is 86.4 Å². The Balaban J connectivity index is 1.86. The molecular formula is C68H101N17O15. The molecule has 0 spiro atoms. The van der Waals surface area contributed by atoms with Crippen LogP contribution >= 0.6 is 0 Å². The standard InChI is InChI=1S/C68H101N17O15/c1-36(2)30-47(81-64(96)54(37(3)4)83-53(88)35-75-57(89)40(9)76-58(90)44(69)31-41-20-13-10-14-21-41)61(93)77-46(27-28-51(70)86)60(92)80-49(34-52(71)87)63(95)85-55(38(5)6)65(97)78-45(26-19-29-74-68(72)73)59(91)79-48(32-42-22-15-11-16-23-42)62(94)84-56(39(7)8)66(98)82-50(67(99)100)33-43-24-17-12-18-25-43/h10-18,20-25,36-40,44-50,54-56H,19,26-35,69H2,1-9H3,(H2,70,86)(H2,71,87)(H,75,89)(H,76,90)(H,77,93)(H,78,97)(H,79,91)(H,80,92)(H,81,96)(H,82,98)(H,83,88)(H,84,94)(H,85,95)(H,99,100)(H4,72,73,74)/t40-,44-,45-,46-,47-,48-,49-,50-,54-,55-,56-/m0/s1. The summed E-state index contributed by atoms with van der Waals surface area (Å²) in [6.07, 6.45) is -2.03. The maximum absolute atomic E-state index is 14.6. The Morgan fingerprint density at radius 2 is 0.800 bits per heavy atom. The first-order valence-corrected chi connectivity index (χ1v) is 33.1. The van der Waals surface area contributed by atoms with E-state index in [9.17, 15) is 72.2 Å². The minimum Gasteiger partial charge on any atom is -0.480 e. The Bertz CT molecular complexity index is 3300. The maximum atomic E-state index is 14.6. The number of primary amides is 2. The Morgan fingerprint density at radius 1 is 0.410 bits per heavy atom. The average molecular weight is 1400 g/mol. The third-order valence-electron chi connectivity index (χ3n) is 15.7. The number of hydrogen-bond acceptors (Lipinski definition) is 16. The van der Waals surface area contributed by atoms with E-state index in [0.29, 0.717) is 11.1 Å². The summed E-state index contributed by atoms with van der Waals surface area (Å²) in [7, 11) is 0. The number of benzene rings is 3. The molecule has 0 bridgehead atoms. The van der Waals surface area contributed by atoms with Gasteiger partial charge in [0.15, 0.2) is 5.96 Å². The molecule has 0 aliphatic heterocycles. The number of aliphatic carboxylic acids is 1. The summed E-state index contributed by atoms with van der Waals surface area (Å²) >= 11 is 0. The highest BCUT2D eigenvalue weighted by molar-refractivity contribution is 6.00. The number of hydrogen-bond donors (Lipinski definition) is 17. The van der Waals surface area contributed by atoms with Gasteiger partial charge in [0.05, 0.1) is 19.0 Å². The molecule has 13 amide bonds. The van der Waals surface area contributed by atoms with Crippen LogP contribution in [0.3, 0.4) is 0 Å². The normalized spacial score (nSPS) is 14.4. The van der Waals surface area contributed by atoms with Crippen LogP contribution in [0.2, 0.25) is 0 Å². The van der Waals surface area contributed by atoms with Gasteiger partial charge in [0.25, 0.3) is 0 Å². The highest BCUT2D eigenvalue weighted by Gasteiger charge is 2.38. The predicted molar refractivity (Wildman–Crippen MR) is 370 cm³/mol. The lowest BCUT2D eigenvalue weighted by Crippen LogP contribution is -2.62. The fourth-order valence-corrected chi connectivity index (χ4v) is 10.2. The zero-order valence-corrected chi connectivity index (χ0v) is 58.1. The van der Waals surface area contributed by atoms with Crippen molar-refractivity contribution in [3.8, 4) is 0 Å². The zero-order valence-electron chi connectivity index (χ0n) is 58.1. The lowest BCUT2D eigenvalue weighted by molar-refractivity contribution is -0.142.